The van der Waals surface area contributed by atoms with Crippen molar-refractivity contribution >= 4 is 35.7 Å². The molecule has 6 heteroatoms. The van der Waals surface area contributed by atoms with Crippen LogP contribution in [0.2, 0.25) is 0 Å². The van der Waals surface area contributed by atoms with Gasteiger partial charge in [0.1, 0.15) is 0 Å². The molecule has 1 aromatic heterocycles. The molecule has 0 fully saturated rings. The molecule has 3 aromatic rings. The van der Waals surface area contributed by atoms with Gasteiger partial charge in [0, 0.05) is 24.2 Å². The van der Waals surface area contributed by atoms with Gasteiger partial charge in [0.05, 0.1) is 17.7 Å². The smallest absolute Gasteiger partial charge is 0.330 e. The number of pyridine rings is 1. The Kier molecular flexibility index (Phi) is 7.44. The van der Waals surface area contributed by atoms with Crippen molar-refractivity contribution in [1.29, 1.82) is 0 Å². The molecule has 0 saturated heterocycles. The SMILES string of the molecule is CCOC(=O)/C=C/CC1(Cc2ccncc2)C(=O)N(c2ccccc2)c2ccccc21.Cl. The van der Waals surface area contributed by atoms with E-state index in [0.29, 0.717) is 19.4 Å². The maximum Gasteiger partial charge on any atom is 0.330 e. The number of benzene rings is 2. The second-order valence-corrected chi connectivity index (χ2v) is 7.47. The van der Waals surface area contributed by atoms with Crippen LogP contribution in [0.15, 0.2) is 91.3 Å². The predicted octanol–water partition coefficient (Wildman–Crippen LogP) is 5.17. The molecule has 2 aromatic carbocycles. The molecule has 0 aliphatic carbocycles. The lowest BCUT2D eigenvalue weighted by Crippen LogP contribution is -2.40. The van der Waals surface area contributed by atoms with E-state index in [-0.39, 0.29) is 18.3 Å². The summed E-state index contributed by atoms with van der Waals surface area (Å²) in [5.41, 5.74) is 2.83. The maximum atomic E-state index is 14.1. The van der Waals surface area contributed by atoms with Crippen molar-refractivity contribution in [2.24, 2.45) is 0 Å². The molecule has 1 amide bonds. The molecule has 1 aliphatic heterocycles. The zero-order valence-electron chi connectivity index (χ0n) is 17.8. The molecule has 32 heavy (non-hydrogen) atoms. The molecular weight excluding hydrogens is 424 g/mol. The lowest BCUT2D eigenvalue weighted by molar-refractivity contribution is -0.137. The van der Waals surface area contributed by atoms with Gasteiger partial charge in [0.2, 0.25) is 5.91 Å². The van der Waals surface area contributed by atoms with Gasteiger partial charge >= 0.3 is 5.97 Å². The summed E-state index contributed by atoms with van der Waals surface area (Å²) in [6.45, 7) is 2.08. The average molecular weight is 449 g/mol. The molecule has 0 saturated carbocycles. The molecule has 164 valence electrons. The lowest BCUT2D eigenvalue weighted by atomic mass is 9.74. The van der Waals surface area contributed by atoms with Crippen LogP contribution in [0.1, 0.15) is 24.5 Å². The Morgan fingerprint density at radius 3 is 2.44 bits per heavy atom. The van der Waals surface area contributed by atoms with E-state index in [2.05, 4.69) is 4.98 Å². The molecule has 5 nitrogen and oxygen atoms in total. The van der Waals surface area contributed by atoms with Crippen molar-refractivity contribution < 1.29 is 14.3 Å². The van der Waals surface area contributed by atoms with Crippen LogP contribution in [-0.2, 0) is 26.2 Å². The Bertz CT molecular complexity index is 1100. The van der Waals surface area contributed by atoms with Gasteiger partial charge in [-0.1, -0.05) is 42.5 Å². The van der Waals surface area contributed by atoms with Crippen LogP contribution in [0.3, 0.4) is 0 Å². The number of hydrogen-bond acceptors (Lipinski definition) is 4. The third-order valence-electron chi connectivity index (χ3n) is 5.55. The maximum absolute atomic E-state index is 14.1. The largest absolute Gasteiger partial charge is 0.463 e. The average Bonchev–Trinajstić information content (AvgIpc) is 3.03. The molecule has 2 heterocycles. The Morgan fingerprint density at radius 1 is 1.03 bits per heavy atom. The molecular formula is C26H25ClN2O3. The van der Waals surface area contributed by atoms with Crippen molar-refractivity contribution in [2.45, 2.75) is 25.2 Å². The van der Waals surface area contributed by atoms with Gasteiger partial charge in [-0.25, -0.2) is 4.79 Å². The van der Waals surface area contributed by atoms with Crippen molar-refractivity contribution in [3.63, 3.8) is 0 Å². The Hall–Kier alpha value is -3.44. The van der Waals surface area contributed by atoms with E-state index in [1.807, 2.05) is 66.7 Å². The van der Waals surface area contributed by atoms with Gasteiger partial charge in [-0.3, -0.25) is 14.7 Å². The van der Waals surface area contributed by atoms with Gasteiger partial charge < -0.3 is 4.74 Å². The first-order valence-electron chi connectivity index (χ1n) is 10.4. The Morgan fingerprint density at radius 2 is 1.72 bits per heavy atom. The highest BCUT2D eigenvalue weighted by molar-refractivity contribution is 6.13. The quantitative estimate of drug-likeness (QED) is 0.369. The van der Waals surface area contributed by atoms with E-state index in [1.54, 1.807) is 30.3 Å². The first-order chi connectivity index (χ1) is 15.2. The van der Waals surface area contributed by atoms with E-state index in [0.717, 1.165) is 22.5 Å². The van der Waals surface area contributed by atoms with E-state index in [1.165, 1.54) is 6.08 Å². The van der Waals surface area contributed by atoms with E-state index >= 15 is 0 Å². The lowest BCUT2D eigenvalue weighted by Gasteiger charge is -2.28. The number of nitrogens with zero attached hydrogens (tertiary/aromatic N) is 2. The minimum Gasteiger partial charge on any atom is -0.463 e. The van der Waals surface area contributed by atoms with E-state index < -0.39 is 11.4 Å². The van der Waals surface area contributed by atoms with Crippen molar-refractivity contribution in [3.05, 3.63) is 102 Å². The summed E-state index contributed by atoms with van der Waals surface area (Å²) in [6.07, 6.45) is 7.52. The predicted molar refractivity (Wildman–Crippen MR) is 127 cm³/mol. The zero-order chi connectivity index (χ0) is 21.7. The van der Waals surface area contributed by atoms with Gasteiger partial charge in [-0.2, -0.15) is 0 Å². The highest BCUT2D eigenvalue weighted by Crippen LogP contribution is 2.49. The number of ether oxygens (including phenoxy) is 1. The number of halogens is 1. The second-order valence-electron chi connectivity index (χ2n) is 7.47. The third-order valence-corrected chi connectivity index (χ3v) is 5.55. The fourth-order valence-electron chi connectivity index (χ4n) is 4.18. The molecule has 1 unspecified atom stereocenters. The number of anilines is 2. The second kappa shape index (κ2) is 10.2. The summed E-state index contributed by atoms with van der Waals surface area (Å²) >= 11 is 0. The molecule has 0 radical (unpaired) electrons. The number of carbonyl (C=O) groups excluding carboxylic acids is 2. The van der Waals surface area contributed by atoms with Crippen molar-refractivity contribution in [1.82, 2.24) is 4.98 Å². The summed E-state index contributed by atoms with van der Waals surface area (Å²) in [5, 5.41) is 0. The van der Waals surface area contributed by atoms with Crippen LogP contribution in [0.4, 0.5) is 11.4 Å². The topological polar surface area (TPSA) is 59.5 Å². The van der Waals surface area contributed by atoms with Crippen molar-refractivity contribution in [2.75, 3.05) is 11.5 Å². The van der Waals surface area contributed by atoms with Gasteiger partial charge in [-0.15, -0.1) is 12.4 Å². The van der Waals surface area contributed by atoms with Crippen LogP contribution in [0.5, 0.6) is 0 Å². The number of esters is 1. The first kappa shape index (κ1) is 23.2. The zero-order valence-corrected chi connectivity index (χ0v) is 18.6. The summed E-state index contributed by atoms with van der Waals surface area (Å²) < 4.78 is 5.02. The molecule has 4 rings (SSSR count). The monoisotopic (exact) mass is 448 g/mol. The first-order valence-corrected chi connectivity index (χ1v) is 10.4. The molecule has 1 aliphatic rings. The van der Waals surface area contributed by atoms with Crippen LogP contribution >= 0.6 is 12.4 Å². The number of allylic oxidation sites excluding steroid dienone is 1. The summed E-state index contributed by atoms with van der Waals surface area (Å²) in [4.78, 5) is 31.8. The number of para-hydroxylation sites is 2. The fraction of sp³-hybridized carbons (Fsp3) is 0.192. The van der Waals surface area contributed by atoms with Crippen LogP contribution in [0, 0.1) is 0 Å². The number of carbonyl (C=O) groups is 2. The summed E-state index contributed by atoms with van der Waals surface area (Å²) in [6, 6.07) is 21.4. The van der Waals surface area contributed by atoms with Crippen LogP contribution < -0.4 is 4.90 Å². The van der Waals surface area contributed by atoms with E-state index in [9.17, 15) is 9.59 Å². The van der Waals surface area contributed by atoms with Crippen molar-refractivity contribution in [3.8, 4) is 0 Å². The molecule has 1 atom stereocenters. The molecule has 0 bridgehead atoms. The minimum absolute atomic E-state index is 0. The highest BCUT2D eigenvalue weighted by atomic mass is 35.5. The van der Waals surface area contributed by atoms with Gasteiger partial charge in [0.15, 0.2) is 0 Å². The number of amides is 1. The van der Waals surface area contributed by atoms with Crippen LogP contribution in [-0.4, -0.2) is 23.5 Å². The highest BCUT2D eigenvalue weighted by Gasteiger charge is 2.50. The number of aromatic nitrogens is 1. The summed E-state index contributed by atoms with van der Waals surface area (Å²) in [5.74, 6) is -0.412. The number of hydrogen-bond donors (Lipinski definition) is 0. The van der Waals surface area contributed by atoms with Crippen LogP contribution in [0.25, 0.3) is 0 Å². The summed E-state index contributed by atoms with van der Waals surface area (Å²) in [7, 11) is 0. The fourth-order valence-corrected chi connectivity index (χ4v) is 4.18. The Balaban J connectivity index is 0.00000289. The number of fused-ring (bicyclic) bond motifs is 1. The van der Waals surface area contributed by atoms with E-state index in [4.69, 9.17) is 4.74 Å². The minimum atomic E-state index is -0.837. The third kappa shape index (κ3) is 4.43. The normalized spacial score (nSPS) is 17.2. The van der Waals surface area contributed by atoms with Gasteiger partial charge in [0.25, 0.3) is 0 Å². The molecule has 0 spiro atoms. The Labute approximate surface area is 194 Å². The standard InChI is InChI=1S/C26H24N2O3.ClH/c1-2-31-24(29)13-8-16-26(19-20-14-17-27-18-15-20)22-11-6-7-12-23(22)28(25(26)30)21-9-4-3-5-10-21;/h3-15,17-18H,2,16,19H2,1H3;1H/b13-8+;. The molecule has 0 N–H and O–H groups in total. The number of rotatable bonds is 7. The van der Waals surface area contributed by atoms with Gasteiger partial charge in [-0.05, 0) is 61.2 Å².